The first-order valence-corrected chi connectivity index (χ1v) is 8.18. The molecule has 2 rings (SSSR count). The summed E-state index contributed by atoms with van der Waals surface area (Å²) < 4.78 is 27.9. The maximum Gasteiger partial charge on any atom is 0.246 e. The zero-order valence-electron chi connectivity index (χ0n) is 12.6. The van der Waals surface area contributed by atoms with Crippen molar-refractivity contribution >= 4 is 15.9 Å². The van der Waals surface area contributed by atoms with Crippen LogP contribution < -0.4 is 5.73 Å². The second kappa shape index (κ2) is 5.39. The van der Waals surface area contributed by atoms with Crippen molar-refractivity contribution < 1.29 is 8.42 Å². The Morgan fingerprint density at radius 2 is 1.90 bits per heavy atom. The molecule has 1 fully saturated rings. The fraction of sp³-hybridized carbons (Fsp3) is 0.667. The number of nitrogens with two attached hydrogens (primary N) is 1. The van der Waals surface area contributed by atoms with E-state index in [1.54, 1.807) is 7.05 Å². The van der Waals surface area contributed by atoms with Crippen LogP contribution in [0.25, 0.3) is 0 Å². The molecule has 0 bridgehead atoms. The molecule has 1 aromatic heterocycles. The Hall–Kier alpha value is -1.45. The lowest BCUT2D eigenvalue weighted by Crippen LogP contribution is -2.60. The van der Waals surface area contributed by atoms with E-state index in [0.29, 0.717) is 26.2 Å². The van der Waals surface area contributed by atoms with Gasteiger partial charge in [-0.05, 0) is 13.8 Å². The van der Waals surface area contributed by atoms with Gasteiger partial charge in [0.15, 0.2) is 0 Å². The summed E-state index contributed by atoms with van der Waals surface area (Å²) in [7, 11) is -1.81. The van der Waals surface area contributed by atoms with Gasteiger partial charge in [0.1, 0.15) is 10.7 Å². The van der Waals surface area contributed by atoms with Crippen molar-refractivity contribution in [3.05, 3.63) is 12.4 Å². The molecule has 9 heteroatoms. The molecule has 0 aromatic carbocycles. The summed E-state index contributed by atoms with van der Waals surface area (Å²) in [5, 5.41) is 11.5. The number of amidine groups is 1. The van der Waals surface area contributed by atoms with Crippen molar-refractivity contribution in [2.45, 2.75) is 24.3 Å². The first-order valence-electron chi connectivity index (χ1n) is 6.74. The van der Waals surface area contributed by atoms with Crippen molar-refractivity contribution in [1.82, 2.24) is 19.0 Å². The summed E-state index contributed by atoms with van der Waals surface area (Å²) in [6.07, 6.45) is 2.86. The molecule has 0 radical (unpaired) electrons. The molecule has 1 saturated heterocycles. The van der Waals surface area contributed by atoms with Crippen LogP contribution in [0.2, 0.25) is 0 Å². The number of hydrogen-bond acceptors (Lipinski definition) is 5. The minimum Gasteiger partial charge on any atom is -0.386 e. The van der Waals surface area contributed by atoms with Gasteiger partial charge in [0, 0.05) is 39.4 Å². The zero-order valence-corrected chi connectivity index (χ0v) is 13.4. The fourth-order valence-corrected chi connectivity index (χ4v) is 3.75. The molecule has 0 amide bonds. The van der Waals surface area contributed by atoms with Crippen molar-refractivity contribution in [3.8, 4) is 0 Å². The fourth-order valence-electron chi connectivity index (χ4n) is 2.34. The maximum absolute atomic E-state index is 12.5. The van der Waals surface area contributed by atoms with Crippen LogP contribution >= 0.6 is 0 Å². The average Bonchev–Trinajstić information content (AvgIpc) is 2.86. The lowest BCUT2D eigenvalue weighted by molar-refractivity contribution is 0.121. The Morgan fingerprint density at radius 3 is 2.33 bits per heavy atom. The highest BCUT2D eigenvalue weighted by Gasteiger charge is 2.36. The Kier molecular flexibility index (Phi) is 4.09. The molecule has 8 nitrogen and oxygen atoms in total. The molecule has 2 heterocycles. The summed E-state index contributed by atoms with van der Waals surface area (Å²) in [4.78, 5) is 2.24. The summed E-state index contributed by atoms with van der Waals surface area (Å²) in [5.74, 6) is 0.0890. The Bertz CT molecular complexity index is 628. The van der Waals surface area contributed by atoms with Crippen molar-refractivity contribution in [2.24, 2.45) is 12.8 Å². The van der Waals surface area contributed by atoms with E-state index in [0.717, 1.165) is 0 Å². The maximum atomic E-state index is 12.5. The van der Waals surface area contributed by atoms with Crippen LogP contribution in [0.3, 0.4) is 0 Å². The van der Waals surface area contributed by atoms with Gasteiger partial charge in [0.2, 0.25) is 10.0 Å². The van der Waals surface area contributed by atoms with Crippen LogP contribution in [0.4, 0.5) is 0 Å². The van der Waals surface area contributed by atoms with E-state index >= 15 is 0 Å². The monoisotopic (exact) mass is 314 g/mol. The number of rotatable bonds is 4. The minimum absolute atomic E-state index is 0.0890. The molecule has 118 valence electrons. The number of piperazine rings is 1. The average molecular weight is 314 g/mol. The molecule has 1 aliphatic rings. The summed E-state index contributed by atoms with van der Waals surface area (Å²) >= 11 is 0. The third kappa shape index (κ3) is 2.94. The largest absolute Gasteiger partial charge is 0.386 e. The number of nitrogens with one attached hydrogen (secondary N) is 1. The zero-order chi connectivity index (χ0) is 15.8. The van der Waals surface area contributed by atoms with Gasteiger partial charge in [-0.3, -0.25) is 15.0 Å². The highest BCUT2D eigenvalue weighted by atomic mass is 32.2. The molecule has 1 aliphatic heterocycles. The number of sulfonamides is 1. The van der Waals surface area contributed by atoms with E-state index < -0.39 is 15.6 Å². The van der Waals surface area contributed by atoms with Gasteiger partial charge in [0.25, 0.3) is 0 Å². The molecular formula is C12H22N6O2S. The first-order chi connectivity index (χ1) is 9.65. The van der Waals surface area contributed by atoms with Gasteiger partial charge in [-0.25, -0.2) is 8.42 Å². The van der Waals surface area contributed by atoms with Gasteiger partial charge in [-0.15, -0.1) is 0 Å². The molecule has 0 aliphatic carbocycles. The molecule has 0 atom stereocenters. The normalized spacial score (nSPS) is 18.8. The third-order valence-electron chi connectivity index (χ3n) is 4.01. The lowest BCUT2D eigenvalue weighted by atomic mass is 10.0. The Labute approximate surface area is 125 Å². The summed E-state index contributed by atoms with van der Waals surface area (Å²) in [6.45, 7) is 5.61. The van der Waals surface area contributed by atoms with Crippen molar-refractivity contribution in [1.29, 1.82) is 5.41 Å². The number of hydrogen-bond donors (Lipinski definition) is 2. The van der Waals surface area contributed by atoms with E-state index in [1.165, 1.54) is 21.4 Å². The number of aryl methyl sites for hydroxylation is 1. The molecule has 0 spiro atoms. The van der Waals surface area contributed by atoms with Gasteiger partial charge >= 0.3 is 0 Å². The predicted octanol–water partition coefficient (Wildman–Crippen LogP) is -0.559. The molecule has 21 heavy (non-hydrogen) atoms. The summed E-state index contributed by atoms with van der Waals surface area (Å²) in [6, 6.07) is 0. The van der Waals surface area contributed by atoms with Crippen LogP contribution in [-0.4, -0.2) is 65.0 Å². The van der Waals surface area contributed by atoms with Gasteiger partial charge < -0.3 is 5.73 Å². The van der Waals surface area contributed by atoms with E-state index in [1.807, 2.05) is 18.7 Å². The van der Waals surface area contributed by atoms with E-state index in [9.17, 15) is 8.42 Å². The van der Waals surface area contributed by atoms with E-state index in [2.05, 4.69) is 5.10 Å². The second-order valence-corrected chi connectivity index (χ2v) is 7.65. The lowest BCUT2D eigenvalue weighted by Gasteiger charge is -2.42. The molecule has 0 unspecified atom stereocenters. The molecule has 0 saturated carbocycles. The third-order valence-corrected chi connectivity index (χ3v) is 5.86. The van der Waals surface area contributed by atoms with E-state index in [4.69, 9.17) is 11.1 Å². The summed E-state index contributed by atoms with van der Waals surface area (Å²) in [5.41, 5.74) is 5.06. The molecule has 1 aromatic rings. The minimum atomic E-state index is -3.49. The molecule has 3 N–H and O–H groups in total. The first kappa shape index (κ1) is 15.9. The van der Waals surface area contributed by atoms with Crippen LogP contribution in [0.5, 0.6) is 0 Å². The van der Waals surface area contributed by atoms with Crippen LogP contribution in [0, 0.1) is 5.41 Å². The van der Waals surface area contributed by atoms with Gasteiger partial charge in [0.05, 0.1) is 11.7 Å². The second-order valence-electron chi connectivity index (χ2n) is 5.71. The van der Waals surface area contributed by atoms with E-state index in [-0.39, 0.29) is 10.7 Å². The highest BCUT2D eigenvalue weighted by molar-refractivity contribution is 7.89. The highest BCUT2D eigenvalue weighted by Crippen LogP contribution is 2.21. The van der Waals surface area contributed by atoms with Crippen LogP contribution in [0.1, 0.15) is 13.8 Å². The number of aromatic nitrogens is 2. The van der Waals surface area contributed by atoms with Crippen molar-refractivity contribution in [3.63, 3.8) is 0 Å². The van der Waals surface area contributed by atoms with Crippen molar-refractivity contribution in [2.75, 3.05) is 26.2 Å². The SMILES string of the molecule is Cn1cc(S(=O)(=O)N2CCN(C(C)(C)C(=N)N)CC2)cn1. The topological polar surface area (TPSA) is 108 Å². The van der Waals surface area contributed by atoms with Gasteiger partial charge in [-0.1, -0.05) is 0 Å². The number of nitrogens with zero attached hydrogens (tertiary/aromatic N) is 4. The standard InChI is InChI=1S/C12H22N6O2S/c1-12(2,11(13)14)17-4-6-18(7-5-17)21(19,20)10-8-15-16(3)9-10/h8-9H,4-7H2,1-3H3,(H3,13,14). The van der Waals surface area contributed by atoms with Crippen LogP contribution in [0.15, 0.2) is 17.3 Å². The quantitative estimate of drug-likeness (QED) is 0.572. The Balaban J connectivity index is 2.09. The van der Waals surface area contributed by atoms with Crippen LogP contribution in [-0.2, 0) is 17.1 Å². The molecular weight excluding hydrogens is 292 g/mol. The van der Waals surface area contributed by atoms with Gasteiger partial charge in [-0.2, -0.15) is 9.40 Å². The Morgan fingerprint density at radius 1 is 1.33 bits per heavy atom. The predicted molar refractivity (Wildman–Crippen MR) is 79.5 cm³/mol. The smallest absolute Gasteiger partial charge is 0.246 e.